The molecule has 2 rings (SSSR count). The number of nitrogens with zero attached hydrogens (tertiary/aromatic N) is 4. The van der Waals surface area contributed by atoms with Gasteiger partial charge in [-0.05, 0) is 39.4 Å². The molecule has 0 saturated carbocycles. The molecule has 0 aliphatic carbocycles. The third kappa shape index (κ3) is 7.17. The summed E-state index contributed by atoms with van der Waals surface area (Å²) in [6.45, 7) is 12.6. The highest BCUT2D eigenvalue weighted by Crippen LogP contribution is 2.13. The molecule has 0 radical (unpaired) electrons. The lowest BCUT2D eigenvalue weighted by atomic mass is 10.1. The lowest BCUT2D eigenvalue weighted by Gasteiger charge is -2.35. The predicted molar refractivity (Wildman–Crippen MR) is 108 cm³/mol. The Hall–Kier alpha value is -2.15. The van der Waals surface area contributed by atoms with Crippen LogP contribution < -0.4 is 10.2 Å². The number of nitrogens with one attached hydrogen (secondary N) is 1. The molecule has 1 aromatic rings. The highest BCUT2D eigenvalue weighted by atomic mass is 16.2. The molecule has 1 saturated heterocycles. The van der Waals surface area contributed by atoms with Crippen LogP contribution in [0.15, 0.2) is 24.4 Å². The van der Waals surface area contributed by atoms with Gasteiger partial charge in [-0.1, -0.05) is 13.0 Å². The SMILES string of the molecule is CCN(CCC(=O)N1CCN(c2ccccn2)CC1)CC(=O)NC(C)(C)C. The number of hydrogen-bond donors (Lipinski definition) is 1. The molecular formula is C20H33N5O2. The fourth-order valence-electron chi connectivity index (χ4n) is 3.15. The predicted octanol–water partition coefficient (Wildman–Crippen LogP) is 1.36. The summed E-state index contributed by atoms with van der Waals surface area (Å²) in [5.74, 6) is 1.12. The van der Waals surface area contributed by atoms with Gasteiger partial charge in [0.2, 0.25) is 11.8 Å². The molecule has 7 nitrogen and oxygen atoms in total. The molecule has 27 heavy (non-hydrogen) atoms. The van der Waals surface area contributed by atoms with Gasteiger partial charge in [-0.25, -0.2) is 4.98 Å². The van der Waals surface area contributed by atoms with E-state index in [1.165, 1.54) is 0 Å². The average Bonchev–Trinajstić information content (AvgIpc) is 2.64. The molecule has 0 spiro atoms. The molecule has 1 N–H and O–H groups in total. The number of hydrogen-bond acceptors (Lipinski definition) is 5. The summed E-state index contributed by atoms with van der Waals surface area (Å²) in [6.07, 6.45) is 2.24. The van der Waals surface area contributed by atoms with Gasteiger partial charge in [-0.3, -0.25) is 14.5 Å². The maximum absolute atomic E-state index is 12.5. The number of piperazine rings is 1. The second-order valence-corrected chi connectivity index (χ2v) is 7.97. The van der Waals surface area contributed by atoms with Crippen LogP contribution in [0.1, 0.15) is 34.1 Å². The minimum atomic E-state index is -0.237. The molecule has 0 aromatic carbocycles. The van der Waals surface area contributed by atoms with Crippen molar-refractivity contribution in [2.24, 2.45) is 0 Å². The molecule has 0 atom stereocenters. The number of amides is 2. The van der Waals surface area contributed by atoms with E-state index in [0.717, 1.165) is 25.5 Å². The summed E-state index contributed by atoms with van der Waals surface area (Å²) in [5, 5.41) is 2.97. The molecule has 2 amide bonds. The number of pyridine rings is 1. The summed E-state index contributed by atoms with van der Waals surface area (Å²) in [6, 6.07) is 5.89. The van der Waals surface area contributed by atoms with Crippen molar-refractivity contribution in [3.05, 3.63) is 24.4 Å². The van der Waals surface area contributed by atoms with Crippen LogP contribution in [0.4, 0.5) is 5.82 Å². The zero-order valence-corrected chi connectivity index (χ0v) is 17.1. The molecule has 1 fully saturated rings. The van der Waals surface area contributed by atoms with Gasteiger partial charge in [-0.2, -0.15) is 0 Å². The van der Waals surface area contributed by atoms with Gasteiger partial charge in [0.1, 0.15) is 5.82 Å². The molecule has 2 heterocycles. The van der Waals surface area contributed by atoms with Crippen molar-refractivity contribution in [2.45, 2.75) is 39.7 Å². The van der Waals surface area contributed by atoms with E-state index in [-0.39, 0.29) is 17.4 Å². The summed E-state index contributed by atoms with van der Waals surface area (Å²) >= 11 is 0. The fraction of sp³-hybridized carbons (Fsp3) is 0.650. The highest BCUT2D eigenvalue weighted by molar-refractivity contribution is 5.79. The summed E-state index contributed by atoms with van der Waals surface area (Å²) < 4.78 is 0. The zero-order chi connectivity index (χ0) is 19.9. The standard InChI is InChI=1S/C20H33N5O2/c1-5-23(16-18(26)22-20(2,3)4)11-9-19(27)25-14-12-24(13-15-25)17-8-6-7-10-21-17/h6-8,10H,5,9,11-16H2,1-4H3,(H,22,26). The Labute approximate surface area is 162 Å². The summed E-state index contributed by atoms with van der Waals surface area (Å²) in [5.41, 5.74) is -0.237. The molecule has 0 unspecified atom stereocenters. The van der Waals surface area contributed by atoms with E-state index < -0.39 is 0 Å². The fourth-order valence-corrected chi connectivity index (χ4v) is 3.15. The number of rotatable bonds is 7. The Morgan fingerprint density at radius 2 is 1.89 bits per heavy atom. The van der Waals surface area contributed by atoms with E-state index >= 15 is 0 Å². The van der Waals surface area contributed by atoms with Crippen LogP contribution in [0.2, 0.25) is 0 Å². The van der Waals surface area contributed by atoms with Crippen LogP contribution in [0.3, 0.4) is 0 Å². The van der Waals surface area contributed by atoms with Crippen molar-refractivity contribution < 1.29 is 9.59 Å². The van der Waals surface area contributed by atoms with Crippen LogP contribution in [-0.2, 0) is 9.59 Å². The summed E-state index contributed by atoms with van der Waals surface area (Å²) in [4.78, 5) is 35.1. The number of likely N-dealkylation sites (N-methyl/N-ethyl adjacent to an activating group) is 1. The monoisotopic (exact) mass is 375 g/mol. The molecule has 0 bridgehead atoms. The lowest BCUT2D eigenvalue weighted by molar-refractivity contribution is -0.132. The number of carbonyl (C=O) groups excluding carboxylic acids is 2. The zero-order valence-electron chi connectivity index (χ0n) is 17.1. The molecule has 1 aliphatic rings. The average molecular weight is 376 g/mol. The Morgan fingerprint density at radius 3 is 2.44 bits per heavy atom. The number of aromatic nitrogens is 1. The summed E-state index contributed by atoms with van der Waals surface area (Å²) in [7, 11) is 0. The Morgan fingerprint density at radius 1 is 1.19 bits per heavy atom. The molecular weight excluding hydrogens is 342 g/mol. The van der Waals surface area contributed by atoms with E-state index in [2.05, 4.69) is 15.2 Å². The quantitative estimate of drug-likeness (QED) is 0.779. The van der Waals surface area contributed by atoms with E-state index in [0.29, 0.717) is 32.6 Å². The second kappa shape index (κ2) is 9.69. The van der Waals surface area contributed by atoms with Crippen LogP contribution in [0.25, 0.3) is 0 Å². The normalized spacial score (nSPS) is 15.1. The first-order valence-electron chi connectivity index (χ1n) is 9.75. The van der Waals surface area contributed by atoms with Gasteiger partial charge in [-0.15, -0.1) is 0 Å². The van der Waals surface area contributed by atoms with Crippen molar-refractivity contribution in [2.75, 3.05) is 50.7 Å². The maximum Gasteiger partial charge on any atom is 0.234 e. The largest absolute Gasteiger partial charge is 0.353 e. The number of carbonyl (C=O) groups is 2. The Kier molecular flexibility index (Phi) is 7.59. The first kappa shape index (κ1) is 21.2. The third-order valence-corrected chi connectivity index (χ3v) is 4.58. The van der Waals surface area contributed by atoms with Gasteiger partial charge in [0.15, 0.2) is 0 Å². The van der Waals surface area contributed by atoms with E-state index in [1.54, 1.807) is 6.20 Å². The van der Waals surface area contributed by atoms with Crippen LogP contribution in [0.5, 0.6) is 0 Å². The van der Waals surface area contributed by atoms with E-state index in [9.17, 15) is 9.59 Å². The van der Waals surface area contributed by atoms with Gasteiger partial charge in [0.25, 0.3) is 0 Å². The molecule has 150 valence electrons. The minimum absolute atomic E-state index is 0.000717. The topological polar surface area (TPSA) is 68.8 Å². The van der Waals surface area contributed by atoms with Crippen LogP contribution in [0, 0.1) is 0 Å². The molecule has 1 aromatic heterocycles. The Balaban J connectivity index is 1.74. The van der Waals surface area contributed by atoms with Crippen molar-refractivity contribution in [3.63, 3.8) is 0 Å². The first-order valence-corrected chi connectivity index (χ1v) is 9.75. The van der Waals surface area contributed by atoms with Crippen LogP contribution in [-0.4, -0.2) is 78.0 Å². The van der Waals surface area contributed by atoms with Crippen molar-refractivity contribution in [1.29, 1.82) is 0 Å². The van der Waals surface area contributed by atoms with E-state index in [4.69, 9.17) is 0 Å². The first-order chi connectivity index (χ1) is 12.8. The Bertz CT molecular complexity index is 607. The smallest absolute Gasteiger partial charge is 0.234 e. The van der Waals surface area contributed by atoms with Crippen molar-refractivity contribution in [1.82, 2.24) is 20.1 Å². The van der Waals surface area contributed by atoms with Crippen molar-refractivity contribution in [3.8, 4) is 0 Å². The van der Waals surface area contributed by atoms with Crippen LogP contribution >= 0.6 is 0 Å². The third-order valence-electron chi connectivity index (χ3n) is 4.58. The second-order valence-electron chi connectivity index (χ2n) is 7.97. The van der Waals surface area contributed by atoms with Gasteiger partial charge < -0.3 is 15.1 Å². The van der Waals surface area contributed by atoms with E-state index in [1.807, 2.05) is 55.7 Å². The molecule has 1 aliphatic heterocycles. The number of anilines is 1. The highest BCUT2D eigenvalue weighted by Gasteiger charge is 2.22. The lowest BCUT2D eigenvalue weighted by Crippen LogP contribution is -2.50. The molecule has 7 heteroatoms. The maximum atomic E-state index is 12.5. The van der Waals surface area contributed by atoms with Gasteiger partial charge in [0.05, 0.1) is 6.54 Å². The van der Waals surface area contributed by atoms with Crippen molar-refractivity contribution >= 4 is 17.6 Å². The minimum Gasteiger partial charge on any atom is -0.353 e. The van der Waals surface area contributed by atoms with Gasteiger partial charge in [0, 0.05) is 50.9 Å². The van der Waals surface area contributed by atoms with Gasteiger partial charge >= 0.3 is 0 Å².